The van der Waals surface area contributed by atoms with Crippen LogP contribution in [0, 0.1) is 0 Å². The van der Waals surface area contributed by atoms with Crippen LogP contribution in [0.1, 0.15) is 64.5 Å². The topological polar surface area (TPSA) is 93.8 Å². The summed E-state index contributed by atoms with van der Waals surface area (Å²) >= 11 is 0. The molecule has 160 valence electrons. The molecule has 2 N–H and O–H groups in total. The summed E-state index contributed by atoms with van der Waals surface area (Å²) in [7, 11) is 3.16. The van der Waals surface area contributed by atoms with Crippen molar-refractivity contribution in [1.82, 2.24) is 30.0 Å². The summed E-state index contributed by atoms with van der Waals surface area (Å²) in [6.07, 6.45) is 18.3. The van der Waals surface area contributed by atoms with Crippen molar-refractivity contribution in [1.29, 1.82) is 0 Å². The van der Waals surface area contributed by atoms with Gasteiger partial charge in [-0.15, -0.1) is 0 Å². The van der Waals surface area contributed by atoms with E-state index in [1.165, 1.54) is 23.5 Å². The molecule has 2 aliphatic rings. The van der Waals surface area contributed by atoms with Gasteiger partial charge in [-0.1, -0.05) is 31.2 Å². The van der Waals surface area contributed by atoms with Crippen molar-refractivity contribution in [3.8, 4) is 0 Å². The Bertz CT molecular complexity index is 1140. The molecular formula is C23H26N6O2. The predicted molar refractivity (Wildman–Crippen MR) is 119 cm³/mol. The van der Waals surface area contributed by atoms with Gasteiger partial charge in [0.05, 0.1) is 17.5 Å². The molecule has 2 amide bonds. The van der Waals surface area contributed by atoms with Gasteiger partial charge in [0.2, 0.25) is 0 Å². The zero-order valence-corrected chi connectivity index (χ0v) is 17.9. The summed E-state index contributed by atoms with van der Waals surface area (Å²) in [5, 5.41) is 9.51. The number of aromatic nitrogens is 4. The number of imidazole rings is 1. The maximum atomic E-state index is 12.9. The van der Waals surface area contributed by atoms with Crippen molar-refractivity contribution in [3.05, 3.63) is 71.2 Å². The number of rotatable bonds is 4. The van der Waals surface area contributed by atoms with Gasteiger partial charge in [-0.25, -0.2) is 4.98 Å². The van der Waals surface area contributed by atoms with Crippen molar-refractivity contribution in [2.45, 2.75) is 32.1 Å². The number of carbonyl (C=O) groups excluding carboxylic acids is 2. The van der Waals surface area contributed by atoms with E-state index in [1.807, 2.05) is 29.1 Å². The Morgan fingerprint density at radius 3 is 2.84 bits per heavy atom. The summed E-state index contributed by atoms with van der Waals surface area (Å²) in [5.74, 6) is 0.449. The second-order valence-corrected chi connectivity index (χ2v) is 7.73. The summed E-state index contributed by atoms with van der Waals surface area (Å²) in [6, 6.07) is 0. The first-order valence-corrected chi connectivity index (χ1v) is 10.4. The SMILES string of the molecule is CNC(=O)c1cnn(C)c1C(=O)NC1=CCC(C)c2nc(C3=CC=CCC3)cn2C=C1. The quantitative estimate of drug-likeness (QED) is 0.798. The normalized spacial score (nSPS) is 17.8. The molecule has 0 spiro atoms. The van der Waals surface area contributed by atoms with Gasteiger partial charge in [0, 0.05) is 38.1 Å². The second-order valence-electron chi connectivity index (χ2n) is 7.73. The highest BCUT2D eigenvalue weighted by atomic mass is 16.2. The number of hydrogen-bond acceptors (Lipinski definition) is 4. The minimum Gasteiger partial charge on any atom is -0.355 e. The van der Waals surface area contributed by atoms with Gasteiger partial charge in [0.1, 0.15) is 11.5 Å². The molecule has 4 rings (SSSR count). The van der Waals surface area contributed by atoms with Crippen LogP contribution in [0.4, 0.5) is 0 Å². The number of hydrogen-bond donors (Lipinski definition) is 2. The Morgan fingerprint density at radius 1 is 1.26 bits per heavy atom. The number of nitrogens with zero attached hydrogens (tertiary/aromatic N) is 4. The molecule has 1 unspecified atom stereocenters. The average Bonchev–Trinajstić information content (AvgIpc) is 3.38. The van der Waals surface area contributed by atoms with Crippen molar-refractivity contribution >= 4 is 23.6 Å². The lowest BCUT2D eigenvalue weighted by atomic mass is 10.0. The molecule has 0 radical (unpaired) electrons. The van der Waals surface area contributed by atoms with Gasteiger partial charge < -0.3 is 15.2 Å². The number of fused-ring (bicyclic) bond motifs is 1. The zero-order valence-electron chi connectivity index (χ0n) is 17.9. The van der Waals surface area contributed by atoms with E-state index in [0.717, 1.165) is 30.8 Å². The van der Waals surface area contributed by atoms with Crippen LogP contribution in [0.5, 0.6) is 0 Å². The molecule has 1 aliphatic heterocycles. The summed E-state index contributed by atoms with van der Waals surface area (Å²) in [4.78, 5) is 29.9. The lowest BCUT2D eigenvalue weighted by Crippen LogP contribution is -2.28. The average molecular weight is 419 g/mol. The van der Waals surface area contributed by atoms with Gasteiger partial charge in [0.15, 0.2) is 0 Å². The second kappa shape index (κ2) is 8.59. The molecule has 0 saturated carbocycles. The minimum atomic E-state index is -0.381. The van der Waals surface area contributed by atoms with E-state index in [2.05, 4.69) is 40.9 Å². The Balaban J connectivity index is 1.57. The van der Waals surface area contributed by atoms with Crippen LogP contribution >= 0.6 is 0 Å². The first kappa shape index (κ1) is 20.6. The van der Waals surface area contributed by atoms with Crippen LogP contribution in [0.15, 0.2) is 48.5 Å². The third kappa shape index (κ3) is 4.14. The minimum absolute atomic E-state index is 0.184. The van der Waals surface area contributed by atoms with E-state index >= 15 is 0 Å². The van der Waals surface area contributed by atoms with Gasteiger partial charge in [-0.3, -0.25) is 14.3 Å². The first-order chi connectivity index (χ1) is 15.0. The van der Waals surface area contributed by atoms with Crippen molar-refractivity contribution in [2.75, 3.05) is 7.05 Å². The standard InChI is InChI=1S/C23H26N6O2/c1-15-9-10-17(26-23(31)20-18(22(30)24-2)13-25-28(20)3)11-12-29-14-19(27-21(15)29)16-7-5-4-6-8-16/h4-5,7,10-15H,6,8-9H2,1-3H3,(H,24,30)(H,26,31). The zero-order chi connectivity index (χ0) is 22.0. The molecule has 2 aromatic heterocycles. The van der Waals surface area contributed by atoms with Crippen LogP contribution in [0.25, 0.3) is 11.8 Å². The van der Waals surface area contributed by atoms with Crippen molar-refractivity contribution in [2.24, 2.45) is 7.05 Å². The molecule has 0 bridgehead atoms. The maximum absolute atomic E-state index is 12.9. The number of carbonyl (C=O) groups is 2. The fourth-order valence-electron chi connectivity index (χ4n) is 3.79. The van der Waals surface area contributed by atoms with Crippen LogP contribution in [-0.4, -0.2) is 38.2 Å². The van der Waals surface area contributed by atoms with E-state index < -0.39 is 0 Å². The van der Waals surface area contributed by atoms with Gasteiger partial charge in [-0.2, -0.15) is 5.10 Å². The van der Waals surface area contributed by atoms with Crippen LogP contribution in [0.2, 0.25) is 0 Å². The fraction of sp³-hybridized carbons (Fsp3) is 0.304. The Labute approximate surface area is 181 Å². The summed E-state index contributed by atoms with van der Waals surface area (Å²) in [6.45, 7) is 2.12. The molecule has 0 aromatic carbocycles. The fourth-order valence-corrected chi connectivity index (χ4v) is 3.79. The molecular weight excluding hydrogens is 392 g/mol. The number of allylic oxidation sites excluding steroid dienone is 6. The monoisotopic (exact) mass is 418 g/mol. The third-order valence-electron chi connectivity index (χ3n) is 5.53. The number of amides is 2. The summed E-state index contributed by atoms with van der Waals surface area (Å²) < 4.78 is 3.43. The molecule has 1 aliphatic carbocycles. The molecule has 2 aromatic rings. The van der Waals surface area contributed by atoms with Gasteiger partial charge in [-0.05, 0) is 30.9 Å². The Morgan fingerprint density at radius 2 is 2.10 bits per heavy atom. The Kier molecular flexibility index (Phi) is 5.70. The van der Waals surface area contributed by atoms with Crippen LogP contribution < -0.4 is 10.6 Å². The molecule has 1 atom stereocenters. The molecule has 31 heavy (non-hydrogen) atoms. The van der Waals surface area contributed by atoms with E-state index in [1.54, 1.807) is 7.05 Å². The highest BCUT2D eigenvalue weighted by Crippen LogP contribution is 2.28. The number of nitrogens with one attached hydrogen (secondary N) is 2. The maximum Gasteiger partial charge on any atom is 0.274 e. The van der Waals surface area contributed by atoms with Gasteiger partial charge >= 0.3 is 0 Å². The predicted octanol–water partition coefficient (Wildman–Crippen LogP) is 3.00. The molecule has 8 nitrogen and oxygen atoms in total. The molecule has 0 fully saturated rings. The highest BCUT2D eigenvalue weighted by Gasteiger charge is 2.22. The first-order valence-electron chi connectivity index (χ1n) is 10.4. The smallest absolute Gasteiger partial charge is 0.274 e. The molecule has 3 heterocycles. The van der Waals surface area contributed by atoms with Crippen LogP contribution in [0.3, 0.4) is 0 Å². The van der Waals surface area contributed by atoms with Crippen molar-refractivity contribution in [3.63, 3.8) is 0 Å². The summed E-state index contributed by atoms with van der Waals surface area (Å²) in [5.41, 5.74) is 3.35. The van der Waals surface area contributed by atoms with E-state index in [-0.39, 0.29) is 29.0 Å². The van der Waals surface area contributed by atoms with E-state index in [9.17, 15) is 9.59 Å². The lowest BCUT2D eigenvalue weighted by molar-refractivity contribution is 0.0925. The number of aryl methyl sites for hydroxylation is 1. The Hall–Kier alpha value is -3.68. The van der Waals surface area contributed by atoms with Crippen LogP contribution in [-0.2, 0) is 7.05 Å². The van der Waals surface area contributed by atoms with Gasteiger partial charge in [0.25, 0.3) is 11.8 Å². The largest absolute Gasteiger partial charge is 0.355 e. The molecule has 0 saturated heterocycles. The molecule has 8 heteroatoms. The lowest BCUT2D eigenvalue weighted by Gasteiger charge is -2.14. The highest BCUT2D eigenvalue weighted by molar-refractivity contribution is 6.06. The van der Waals surface area contributed by atoms with E-state index in [4.69, 9.17) is 4.98 Å². The van der Waals surface area contributed by atoms with Crippen molar-refractivity contribution < 1.29 is 9.59 Å². The third-order valence-corrected chi connectivity index (χ3v) is 5.53. The van der Waals surface area contributed by atoms with E-state index in [0.29, 0.717) is 5.70 Å².